The molecule has 1 amide bonds. The number of rotatable bonds is 7. The van der Waals surface area contributed by atoms with Crippen molar-refractivity contribution in [1.82, 2.24) is 10.2 Å². The number of halogens is 2. The van der Waals surface area contributed by atoms with E-state index >= 15 is 0 Å². The normalized spacial score (nSPS) is 17.7. The van der Waals surface area contributed by atoms with Crippen molar-refractivity contribution < 1.29 is 14.3 Å². The summed E-state index contributed by atoms with van der Waals surface area (Å²) in [6.45, 7) is 5.75. The first-order valence-corrected chi connectivity index (χ1v) is 8.02. The van der Waals surface area contributed by atoms with Crippen LogP contribution in [0.3, 0.4) is 0 Å². The highest BCUT2D eigenvalue weighted by atomic mass is 35.5. The van der Waals surface area contributed by atoms with Gasteiger partial charge in [-0.2, -0.15) is 0 Å². The Kier molecular flexibility index (Phi) is 9.52. The lowest BCUT2D eigenvalue weighted by Gasteiger charge is -2.37. The molecule has 1 N–H and O–H groups in total. The molecule has 1 aliphatic heterocycles. The van der Waals surface area contributed by atoms with Crippen LogP contribution in [0.2, 0.25) is 5.02 Å². The van der Waals surface area contributed by atoms with Gasteiger partial charge in [-0.3, -0.25) is 4.79 Å². The molecule has 0 aromatic heterocycles. The zero-order valence-corrected chi connectivity index (χ0v) is 14.9. The van der Waals surface area contributed by atoms with Gasteiger partial charge in [-0.1, -0.05) is 29.8 Å². The number of hydrogen-bond acceptors (Lipinski definition) is 4. The molecule has 0 spiro atoms. The fourth-order valence-electron chi connectivity index (χ4n) is 2.53. The molecule has 1 saturated heterocycles. The van der Waals surface area contributed by atoms with Crippen LogP contribution in [0, 0.1) is 0 Å². The Balaban J connectivity index is 0.00000264. The van der Waals surface area contributed by atoms with Gasteiger partial charge in [0.2, 0.25) is 5.91 Å². The lowest BCUT2D eigenvalue weighted by atomic mass is 10.0. The zero-order chi connectivity index (χ0) is 15.8. The van der Waals surface area contributed by atoms with Crippen LogP contribution in [0.1, 0.15) is 18.5 Å². The summed E-state index contributed by atoms with van der Waals surface area (Å²) in [6, 6.07) is 7.61. The third kappa shape index (κ3) is 5.94. The predicted octanol–water partition coefficient (Wildman–Crippen LogP) is 2.29. The third-order valence-electron chi connectivity index (χ3n) is 3.63. The second kappa shape index (κ2) is 10.8. The third-order valence-corrected chi connectivity index (χ3v) is 3.97. The van der Waals surface area contributed by atoms with Gasteiger partial charge in [0, 0.05) is 31.3 Å². The van der Waals surface area contributed by atoms with Gasteiger partial charge in [-0.05, 0) is 18.6 Å². The number of hydrogen-bond donors (Lipinski definition) is 1. The number of benzene rings is 1. The van der Waals surface area contributed by atoms with Crippen LogP contribution >= 0.6 is 24.0 Å². The second-order valence-electron chi connectivity index (χ2n) is 5.08. The number of nitrogens with zero attached hydrogens (tertiary/aromatic N) is 1. The lowest BCUT2D eigenvalue weighted by Crippen LogP contribution is -2.49. The van der Waals surface area contributed by atoms with Crippen LogP contribution in [0.5, 0.6) is 0 Å². The summed E-state index contributed by atoms with van der Waals surface area (Å²) >= 11 is 6.28. The summed E-state index contributed by atoms with van der Waals surface area (Å²) in [4.78, 5) is 14.3. The molecule has 0 bridgehead atoms. The highest BCUT2D eigenvalue weighted by Gasteiger charge is 2.28. The maximum Gasteiger partial charge on any atom is 0.249 e. The molecule has 0 saturated carbocycles. The smallest absolute Gasteiger partial charge is 0.249 e. The molecule has 1 fully saturated rings. The van der Waals surface area contributed by atoms with Crippen LogP contribution in [-0.4, -0.2) is 56.9 Å². The van der Waals surface area contributed by atoms with E-state index in [0.717, 1.165) is 12.1 Å². The van der Waals surface area contributed by atoms with Gasteiger partial charge in [0.25, 0.3) is 0 Å². The first-order chi connectivity index (χ1) is 10.7. The Morgan fingerprint density at radius 2 is 2.09 bits per heavy atom. The van der Waals surface area contributed by atoms with Crippen molar-refractivity contribution in [2.45, 2.75) is 13.0 Å². The van der Waals surface area contributed by atoms with Gasteiger partial charge in [-0.15, -0.1) is 12.4 Å². The molecule has 7 heteroatoms. The number of piperazine rings is 1. The van der Waals surface area contributed by atoms with E-state index in [1.165, 1.54) is 0 Å². The maximum atomic E-state index is 12.4. The highest BCUT2D eigenvalue weighted by molar-refractivity contribution is 6.31. The minimum Gasteiger partial charge on any atom is -0.379 e. The highest BCUT2D eigenvalue weighted by Crippen LogP contribution is 2.28. The number of carbonyl (C=O) groups is 1. The van der Waals surface area contributed by atoms with Gasteiger partial charge in [-0.25, -0.2) is 0 Å². The molecule has 1 aromatic rings. The molecule has 1 unspecified atom stereocenters. The fraction of sp³-hybridized carbons (Fsp3) is 0.562. The summed E-state index contributed by atoms with van der Waals surface area (Å²) in [5.74, 6) is -0.0112. The van der Waals surface area contributed by atoms with Crippen LogP contribution in [0.4, 0.5) is 0 Å². The molecule has 130 valence electrons. The van der Waals surface area contributed by atoms with Crippen molar-refractivity contribution >= 4 is 29.9 Å². The van der Waals surface area contributed by atoms with Gasteiger partial charge < -0.3 is 19.7 Å². The Morgan fingerprint density at radius 1 is 1.35 bits per heavy atom. The summed E-state index contributed by atoms with van der Waals surface area (Å²) < 4.78 is 10.6. The molecule has 1 aliphatic rings. The molecule has 0 aliphatic carbocycles. The molecule has 1 heterocycles. The van der Waals surface area contributed by atoms with Crippen molar-refractivity contribution in [2.75, 3.05) is 46.1 Å². The Labute approximate surface area is 148 Å². The van der Waals surface area contributed by atoms with E-state index in [1.807, 2.05) is 36.1 Å². The van der Waals surface area contributed by atoms with Crippen molar-refractivity contribution in [2.24, 2.45) is 0 Å². The molecule has 2 rings (SSSR count). The maximum absolute atomic E-state index is 12.4. The minimum atomic E-state index is -0.0505. The number of nitrogens with one attached hydrogen (secondary N) is 1. The van der Waals surface area contributed by atoms with Crippen molar-refractivity contribution in [3.05, 3.63) is 34.9 Å². The van der Waals surface area contributed by atoms with Crippen LogP contribution < -0.4 is 5.32 Å². The van der Waals surface area contributed by atoms with Gasteiger partial charge >= 0.3 is 0 Å². The zero-order valence-electron chi connectivity index (χ0n) is 13.3. The van der Waals surface area contributed by atoms with E-state index in [1.54, 1.807) is 0 Å². The van der Waals surface area contributed by atoms with E-state index < -0.39 is 0 Å². The van der Waals surface area contributed by atoms with E-state index in [-0.39, 0.29) is 31.0 Å². The number of amides is 1. The number of carbonyl (C=O) groups excluding carboxylic acids is 1. The average molecular weight is 363 g/mol. The van der Waals surface area contributed by atoms with Crippen LogP contribution in [0.15, 0.2) is 24.3 Å². The summed E-state index contributed by atoms with van der Waals surface area (Å²) in [5.41, 5.74) is 0.971. The monoisotopic (exact) mass is 362 g/mol. The minimum absolute atomic E-state index is 0. The van der Waals surface area contributed by atoms with E-state index in [9.17, 15) is 4.79 Å². The fourth-order valence-corrected chi connectivity index (χ4v) is 2.79. The van der Waals surface area contributed by atoms with Crippen LogP contribution in [0.25, 0.3) is 0 Å². The van der Waals surface area contributed by atoms with Crippen molar-refractivity contribution in [3.8, 4) is 0 Å². The van der Waals surface area contributed by atoms with Gasteiger partial charge in [0.15, 0.2) is 0 Å². The summed E-state index contributed by atoms with van der Waals surface area (Å²) in [5, 5.41) is 4.00. The lowest BCUT2D eigenvalue weighted by molar-refractivity contribution is -0.140. The van der Waals surface area contributed by atoms with Crippen molar-refractivity contribution in [3.63, 3.8) is 0 Å². The average Bonchev–Trinajstić information content (AvgIpc) is 2.55. The summed E-state index contributed by atoms with van der Waals surface area (Å²) in [6.07, 6.45) is 0. The predicted molar refractivity (Wildman–Crippen MR) is 93.3 cm³/mol. The number of ether oxygens (including phenoxy) is 2. The van der Waals surface area contributed by atoms with E-state index in [0.29, 0.717) is 37.9 Å². The molecular weight excluding hydrogens is 339 g/mol. The molecule has 23 heavy (non-hydrogen) atoms. The molecule has 5 nitrogen and oxygen atoms in total. The summed E-state index contributed by atoms with van der Waals surface area (Å²) in [7, 11) is 0. The van der Waals surface area contributed by atoms with E-state index in [4.69, 9.17) is 21.1 Å². The first kappa shape index (κ1) is 20.2. The molecule has 0 radical (unpaired) electrons. The standard InChI is InChI=1S/C16H23ClN2O3.ClH/c1-2-21-9-10-22-12-16(20)19-8-7-18-11-15(19)13-5-3-4-6-14(13)17;/h3-6,15,18H,2,7-12H2,1H3;1H. The first-order valence-electron chi connectivity index (χ1n) is 7.64. The Bertz CT molecular complexity index is 488. The van der Waals surface area contributed by atoms with Gasteiger partial charge in [0.1, 0.15) is 6.61 Å². The Hall–Kier alpha value is -0.850. The molecule has 1 aromatic carbocycles. The topological polar surface area (TPSA) is 50.8 Å². The second-order valence-corrected chi connectivity index (χ2v) is 5.49. The van der Waals surface area contributed by atoms with Crippen molar-refractivity contribution in [1.29, 1.82) is 0 Å². The van der Waals surface area contributed by atoms with Crippen LogP contribution in [-0.2, 0) is 14.3 Å². The SMILES string of the molecule is CCOCCOCC(=O)N1CCNCC1c1ccccc1Cl.Cl. The Morgan fingerprint density at radius 3 is 2.83 bits per heavy atom. The molecular formula is C16H24Cl2N2O3. The molecule has 1 atom stereocenters. The van der Waals surface area contributed by atoms with Gasteiger partial charge in [0.05, 0.1) is 19.3 Å². The largest absolute Gasteiger partial charge is 0.379 e. The van der Waals surface area contributed by atoms with E-state index in [2.05, 4.69) is 5.32 Å². The quantitative estimate of drug-likeness (QED) is 0.756.